The molecule has 1 N–H and O–H groups in total. The lowest BCUT2D eigenvalue weighted by Gasteiger charge is -2.38. The van der Waals surface area contributed by atoms with E-state index in [1.54, 1.807) is 0 Å². The number of carbonyl (C=O) groups is 1. The molecule has 0 aliphatic carbocycles. The SMILES string of the molecule is CC[C@@H](Oc1ccc(C)c(C)c1)C(=O)N[C@@H]1CC(C)(C)Oc2ccccc21. The monoisotopic (exact) mass is 367 g/mol. The van der Waals surface area contributed by atoms with Gasteiger partial charge in [-0.05, 0) is 63.4 Å². The van der Waals surface area contributed by atoms with Gasteiger partial charge in [-0.15, -0.1) is 0 Å². The molecular weight excluding hydrogens is 338 g/mol. The van der Waals surface area contributed by atoms with Crippen LogP contribution in [0, 0.1) is 13.8 Å². The number of para-hydroxylation sites is 1. The van der Waals surface area contributed by atoms with E-state index in [4.69, 9.17) is 9.47 Å². The first-order chi connectivity index (χ1) is 12.8. The van der Waals surface area contributed by atoms with Gasteiger partial charge in [0, 0.05) is 12.0 Å². The zero-order valence-corrected chi connectivity index (χ0v) is 16.8. The normalized spacial score (nSPS) is 18.8. The van der Waals surface area contributed by atoms with Crippen molar-refractivity contribution in [3.63, 3.8) is 0 Å². The van der Waals surface area contributed by atoms with Crippen LogP contribution in [0.15, 0.2) is 42.5 Å². The third-order valence-electron chi connectivity index (χ3n) is 5.11. The Bertz CT molecular complexity index is 828. The molecule has 2 aromatic rings. The first-order valence-electron chi connectivity index (χ1n) is 9.61. The molecule has 0 spiro atoms. The number of ether oxygens (including phenoxy) is 2. The smallest absolute Gasteiger partial charge is 0.261 e. The Morgan fingerprint density at radius 1 is 1.22 bits per heavy atom. The van der Waals surface area contributed by atoms with E-state index >= 15 is 0 Å². The van der Waals surface area contributed by atoms with E-state index in [2.05, 4.69) is 12.2 Å². The third kappa shape index (κ3) is 4.44. The second-order valence-electron chi connectivity index (χ2n) is 7.93. The molecule has 1 aliphatic heterocycles. The maximum Gasteiger partial charge on any atom is 0.261 e. The van der Waals surface area contributed by atoms with E-state index in [1.807, 2.05) is 70.2 Å². The van der Waals surface area contributed by atoms with Gasteiger partial charge < -0.3 is 14.8 Å². The molecule has 0 fully saturated rings. The quantitative estimate of drug-likeness (QED) is 0.819. The minimum Gasteiger partial charge on any atom is -0.487 e. The van der Waals surface area contributed by atoms with Crippen LogP contribution in [-0.2, 0) is 4.79 Å². The number of nitrogens with one attached hydrogen (secondary N) is 1. The summed E-state index contributed by atoms with van der Waals surface area (Å²) in [5, 5.41) is 3.18. The molecule has 0 saturated carbocycles. The fourth-order valence-corrected chi connectivity index (χ4v) is 3.47. The Morgan fingerprint density at radius 3 is 2.67 bits per heavy atom. The molecular formula is C23H29NO3. The number of amides is 1. The van der Waals surface area contributed by atoms with Gasteiger partial charge in [0.25, 0.3) is 5.91 Å². The lowest BCUT2D eigenvalue weighted by Crippen LogP contribution is -2.45. The van der Waals surface area contributed by atoms with Crippen LogP contribution >= 0.6 is 0 Å². The second-order valence-corrected chi connectivity index (χ2v) is 7.93. The molecule has 2 aromatic carbocycles. The summed E-state index contributed by atoms with van der Waals surface area (Å²) >= 11 is 0. The Labute approximate surface area is 161 Å². The van der Waals surface area contributed by atoms with Crippen molar-refractivity contribution in [2.75, 3.05) is 0 Å². The lowest BCUT2D eigenvalue weighted by molar-refractivity contribution is -0.129. The Morgan fingerprint density at radius 2 is 1.96 bits per heavy atom. The van der Waals surface area contributed by atoms with Crippen molar-refractivity contribution in [2.24, 2.45) is 0 Å². The van der Waals surface area contributed by atoms with E-state index in [1.165, 1.54) is 5.56 Å². The maximum absolute atomic E-state index is 12.9. The van der Waals surface area contributed by atoms with E-state index in [0.29, 0.717) is 6.42 Å². The number of rotatable bonds is 5. The van der Waals surface area contributed by atoms with Gasteiger partial charge in [-0.25, -0.2) is 0 Å². The highest BCUT2D eigenvalue weighted by Crippen LogP contribution is 2.39. The minimum atomic E-state index is -0.523. The molecule has 4 nitrogen and oxygen atoms in total. The van der Waals surface area contributed by atoms with Crippen LogP contribution < -0.4 is 14.8 Å². The molecule has 0 radical (unpaired) electrons. The number of aryl methyl sites for hydroxylation is 2. The molecule has 2 atom stereocenters. The highest BCUT2D eigenvalue weighted by atomic mass is 16.5. The minimum absolute atomic E-state index is 0.0881. The van der Waals surface area contributed by atoms with Gasteiger partial charge in [0.1, 0.15) is 17.1 Å². The van der Waals surface area contributed by atoms with Crippen molar-refractivity contribution in [1.29, 1.82) is 0 Å². The van der Waals surface area contributed by atoms with Gasteiger partial charge in [-0.1, -0.05) is 31.2 Å². The molecule has 0 aromatic heterocycles. The van der Waals surface area contributed by atoms with E-state index < -0.39 is 6.10 Å². The predicted octanol–water partition coefficient (Wildman–Crippen LogP) is 4.88. The van der Waals surface area contributed by atoms with Gasteiger partial charge in [0.15, 0.2) is 6.10 Å². The largest absolute Gasteiger partial charge is 0.487 e. The van der Waals surface area contributed by atoms with Crippen LogP contribution in [0.3, 0.4) is 0 Å². The van der Waals surface area contributed by atoms with Gasteiger partial charge >= 0.3 is 0 Å². The lowest BCUT2D eigenvalue weighted by atomic mass is 9.89. The van der Waals surface area contributed by atoms with Crippen molar-refractivity contribution in [3.8, 4) is 11.5 Å². The molecule has 1 amide bonds. The highest BCUT2D eigenvalue weighted by Gasteiger charge is 2.35. The molecule has 0 unspecified atom stereocenters. The zero-order chi connectivity index (χ0) is 19.6. The summed E-state index contributed by atoms with van der Waals surface area (Å²) in [6.45, 7) is 10.2. The van der Waals surface area contributed by atoms with Crippen molar-refractivity contribution in [1.82, 2.24) is 5.32 Å². The summed E-state index contributed by atoms with van der Waals surface area (Å²) in [4.78, 5) is 12.9. The fourth-order valence-electron chi connectivity index (χ4n) is 3.47. The van der Waals surface area contributed by atoms with Crippen LogP contribution in [-0.4, -0.2) is 17.6 Å². The van der Waals surface area contributed by atoms with E-state index in [-0.39, 0.29) is 17.6 Å². The van der Waals surface area contributed by atoms with Gasteiger partial charge in [-0.3, -0.25) is 4.79 Å². The van der Waals surface area contributed by atoms with Crippen molar-refractivity contribution >= 4 is 5.91 Å². The van der Waals surface area contributed by atoms with Crippen LogP contribution in [0.5, 0.6) is 11.5 Å². The van der Waals surface area contributed by atoms with E-state index in [9.17, 15) is 4.79 Å². The van der Waals surface area contributed by atoms with Crippen LogP contribution in [0.4, 0.5) is 0 Å². The Balaban J connectivity index is 1.75. The molecule has 1 aliphatic rings. The number of carbonyl (C=O) groups excluding carboxylic acids is 1. The van der Waals surface area contributed by atoms with Gasteiger partial charge in [-0.2, -0.15) is 0 Å². The summed E-state index contributed by atoms with van der Waals surface area (Å²) in [6, 6.07) is 13.7. The van der Waals surface area contributed by atoms with E-state index in [0.717, 1.165) is 29.0 Å². The average molecular weight is 367 g/mol. The number of hydrogen-bond donors (Lipinski definition) is 1. The average Bonchev–Trinajstić information content (AvgIpc) is 2.61. The van der Waals surface area contributed by atoms with Crippen LogP contribution in [0.25, 0.3) is 0 Å². The zero-order valence-electron chi connectivity index (χ0n) is 16.8. The highest BCUT2D eigenvalue weighted by molar-refractivity contribution is 5.81. The summed E-state index contributed by atoms with van der Waals surface area (Å²) in [7, 11) is 0. The standard InChI is InChI=1S/C23H29NO3/c1-6-20(26-17-12-11-15(2)16(3)13-17)22(25)24-19-14-23(4,5)27-21-10-8-7-9-18(19)21/h7-13,19-20H,6,14H2,1-5H3,(H,24,25)/t19-,20-/m1/s1. The first-order valence-corrected chi connectivity index (χ1v) is 9.61. The molecule has 27 heavy (non-hydrogen) atoms. The molecule has 1 heterocycles. The first kappa shape index (κ1) is 19.3. The van der Waals surface area contributed by atoms with Crippen molar-refractivity contribution in [2.45, 2.75) is 65.2 Å². The van der Waals surface area contributed by atoms with Crippen molar-refractivity contribution < 1.29 is 14.3 Å². The second kappa shape index (κ2) is 7.63. The Kier molecular flexibility index (Phi) is 5.45. The summed E-state index contributed by atoms with van der Waals surface area (Å²) < 4.78 is 12.1. The predicted molar refractivity (Wildman–Crippen MR) is 107 cm³/mol. The van der Waals surface area contributed by atoms with Crippen molar-refractivity contribution in [3.05, 3.63) is 59.2 Å². The van der Waals surface area contributed by atoms with Crippen LogP contribution in [0.2, 0.25) is 0 Å². The number of hydrogen-bond acceptors (Lipinski definition) is 3. The summed E-state index contributed by atoms with van der Waals surface area (Å²) in [6.07, 6.45) is 0.799. The molecule has 0 saturated heterocycles. The Hall–Kier alpha value is -2.49. The molecule has 144 valence electrons. The number of fused-ring (bicyclic) bond motifs is 1. The topological polar surface area (TPSA) is 47.6 Å². The van der Waals surface area contributed by atoms with Gasteiger partial charge in [0.2, 0.25) is 0 Å². The fraction of sp³-hybridized carbons (Fsp3) is 0.435. The summed E-state index contributed by atoms with van der Waals surface area (Å²) in [5.41, 5.74) is 3.05. The number of benzene rings is 2. The third-order valence-corrected chi connectivity index (χ3v) is 5.11. The van der Waals surface area contributed by atoms with Gasteiger partial charge in [0.05, 0.1) is 6.04 Å². The van der Waals surface area contributed by atoms with Crippen LogP contribution in [0.1, 0.15) is 56.3 Å². The summed E-state index contributed by atoms with van der Waals surface area (Å²) in [5.74, 6) is 1.48. The molecule has 0 bridgehead atoms. The molecule has 4 heteroatoms. The maximum atomic E-state index is 12.9. The molecule has 3 rings (SSSR count).